The maximum absolute atomic E-state index is 12.1. The van der Waals surface area contributed by atoms with Crippen molar-refractivity contribution in [1.29, 1.82) is 0 Å². The van der Waals surface area contributed by atoms with Gasteiger partial charge in [-0.15, -0.1) is 11.3 Å². The molecule has 1 saturated heterocycles. The van der Waals surface area contributed by atoms with E-state index in [1.807, 2.05) is 0 Å². The quantitative estimate of drug-likeness (QED) is 0.170. The number of aromatic nitrogens is 1. The van der Waals surface area contributed by atoms with Crippen molar-refractivity contribution in [3.63, 3.8) is 0 Å². The number of hydrogen-bond acceptors (Lipinski definition) is 10. The van der Waals surface area contributed by atoms with Gasteiger partial charge in [-0.05, 0) is 0 Å². The number of oxime groups is 1. The zero-order valence-corrected chi connectivity index (χ0v) is 15.7. The third kappa shape index (κ3) is 4.39. The Labute approximate surface area is 157 Å². The molecular weight excluding hydrogens is 361 g/mol. The number of carbonyl (C=O) groups excluding carboxylic acids is 2. The summed E-state index contributed by atoms with van der Waals surface area (Å²) in [7, 11) is -3.65. The molecule has 0 aromatic carbocycles. The van der Waals surface area contributed by atoms with Crippen LogP contribution in [0.15, 0.2) is 10.5 Å². The molecule has 2 heterocycles. The number of hydrogen-bond donors (Lipinski definition) is 2. The number of rotatable bonds is 5. The first-order valence-electron chi connectivity index (χ1n) is 5.65. The van der Waals surface area contributed by atoms with Crippen molar-refractivity contribution in [2.45, 2.75) is 6.04 Å². The number of β-lactam (4-membered cyclic amide) rings is 1. The van der Waals surface area contributed by atoms with E-state index in [1.165, 1.54) is 12.5 Å². The minimum absolute atomic E-state index is 0. The fraction of sp³-hybridized carbons (Fsp3) is 0.333. The van der Waals surface area contributed by atoms with Crippen LogP contribution in [0.2, 0.25) is 0 Å². The van der Waals surface area contributed by atoms with E-state index in [0.717, 1.165) is 11.3 Å². The van der Waals surface area contributed by atoms with Crippen LogP contribution in [-0.2, 0) is 24.7 Å². The number of nitrogens with zero attached hydrogens (tertiary/aromatic N) is 3. The Bertz CT molecular complexity index is 747. The van der Waals surface area contributed by atoms with Gasteiger partial charge in [-0.25, -0.2) is 17.7 Å². The molecule has 1 aromatic rings. The van der Waals surface area contributed by atoms with Crippen molar-refractivity contribution in [2.75, 3.05) is 19.4 Å². The van der Waals surface area contributed by atoms with Gasteiger partial charge in [-0.3, -0.25) is 9.59 Å². The van der Waals surface area contributed by atoms with Crippen LogP contribution < -0.4 is 40.6 Å². The maximum Gasteiger partial charge on any atom is 1.00 e. The van der Waals surface area contributed by atoms with E-state index in [0.29, 0.717) is 0 Å². The van der Waals surface area contributed by atoms with Gasteiger partial charge in [-0.1, -0.05) is 5.16 Å². The summed E-state index contributed by atoms with van der Waals surface area (Å²) < 4.78 is 32.2. The number of carbonyl (C=O) groups is 2. The second-order valence-electron chi connectivity index (χ2n) is 4.05. The van der Waals surface area contributed by atoms with Crippen LogP contribution in [0.3, 0.4) is 0 Å². The topological polar surface area (TPSA) is 167 Å². The van der Waals surface area contributed by atoms with Crippen molar-refractivity contribution in [2.24, 2.45) is 5.16 Å². The fourth-order valence-electron chi connectivity index (χ4n) is 1.62. The molecule has 1 aliphatic heterocycles. The molecule has 1 unspecified atom stereocenters. The van der Waals surface area contributed by atoms with Crippen molar-refractivity contribution in [3.05, 3.63) is 11.1 Å². The Morgan fingerprint density at radius 1 is 1.65 bits per heavy atom. The van der Waals surface area contributed by atoms with Crippen LogP contribution >= 0.6 is 11.3 Å². The van der Waals surface area contributed by atoms with Crippen molar-refractivity contribution in [3.8, 4) is 0 Å². The van der Waals surface area contributed by atoms with Crippen molar-refractivity contribution < 1.29 is 57.0 Å². The van der Waals surface area contributed by atoms with Gasteiger partial charge in [0.15, 0.2) is 21.1 Å². The molecule has 23 heavy (non-hydrogen) atoms. The monoisotopic (exact) mass is 371 g/mol. The smallest absolute Gasteiger partial charge is 0.731 e. The average Bonchev–Trinajstić information content (AvgIpc) is 2.84. The normalized spacial score (nSPS) is 18.0. The molecule has 2 rings (SSSR count). The van der Waals surface area contributed by atoms with Gasteiger partial charge in [0, 0.05) is 5.38 Å². The second-order valence-corrected chi connectivity index (χ2v) is 6.23. The summed E-state index contributed by atoms with van der Waals surface area (Å²) >= 11 is 1.07. The number of nitrogens with one attached hydrogen (secondary N) is 1. The number of nitrogen functional groups attached to an aromatic ring is 1. The standard InChI is InChI=1S/C9H11N5O6S2.Na/c1-20-13-6(5-3-21-9(10)12-5)7(15)11-4-2-14(8(4)16)22(17,18)19;/h3-4H,2H2,1H3,(H2,10,12)(H,11,15)(H,17,18,19);/q;+1/p-1/b13-6-;. The summed E-state index contributed by atoms with van der Waals surface area (Å²) in [5.74, 6) is -1.83. The van der Waals surface area contributed by atoms with Gasteiger partial charge in [-0.2, -0.15) is 0 Å². The number of thiazole rings is 1. The molecule has 0 aliphatic carbocycles. The molecule has 3 N–H and O–H groups in total. The van der Waals surface area contributed by atoms with E-state index in [9.17, 15) is 22.6 Å². The summed E-state index contributed by atoms with van der Waals surface area (Å²) in [6, 6.07) is -1.13. The zero-order chi connectivity index (χ0) is 16.5. The molecule has 14 heteroatoms. The van der Waals surface area contributed by atoms with Gasteiger partial charge in [0.2, 0.25) is 0 Å². The van der Waals surface area contributed by atoms with Crippen LogP contribution in [0.5, 0.6) is 0 Å². The molecule has 0 spiro atoms. The largest absolute Gasteiger partial charge is 1.00 e. The second kappa shape index (κ2) is 7.55. The van der Waals surface area contributed by atoms with Gasteiger partial charge in [0.25, 0.3) is 11.8 Å². The minimum Gasteiger partial charge on any atom is -0.731 e. The first kappa shape index (κ1) is 19.8. The van der Waals surface area contributed by atoms with E-state index in [1.54, 1.807) is 0 Å². The van der Waals surface area contributed by atoms with Gasteiger partial charge < -0.3 is 20.4 Å². The van der Waals surface area contributed by atoms with E-state index < -0.39 is 34.7 Å². The molecule has 11 nitrogen and oxygen atoms in total. The predicted molar refractivity (Wildman–Crippen MR) is 73.4 cm³/mol. The first-order valence-corrected chi connectivity index (χ1v) is 7.89. The molecule has 0 saturated carbocycles. The number of anilines is 1. The third-order valence-electron chi connectivity index (χ3n) is 2.63. The number of nitrogens with two attached hydrogens (primary N) is 1. The molecule has 120 valence electrons. The minimum atomic E-state index is -4.86. The maximum atomic E-state index is 12.1. The zero-order valence-electron chi connectivity index (χ0n) is 12.0. The van der Waals surface area contributed by atoms with Crippen LogP contribution in [0.1, 0.15) is 5.69 Å². The summed E-state index contributed by atoms with van der Waals surface area (Å²) in [6.45, 7) is -0.435. The van der Waals surface area contributed by atoms with Crippen LogP contribution in [0.4, 0.5) is 5.13 Å². The first-order chi connectivity index (χ1) is 10.2. The molecule has 1 fully saturated rings. The van der Waals surface area contributed by atoms with Gasteiger partial charge in [0.1, 0.15) is 18.8 Å². The SMILES string of the molecule is CO/N=C(\C(=O)NC1CN(S(=O)(=O)[O-])C1=O)c1csc(N)n1.[Na+]. The predicted octanol–water partition coefficient (Wildman–Crippen LogP) is -5.13. The Kier molecular flexibility index (Phi) is 6.49. The molecule has 1 aromatic heterocycles. The summed E-state index contributed by atoms with van der Waals surface area (Å²) in [4.78, 5) is 31.9. The molecule has 2 amide bonds. The summed E-state index contributed by atoms with van der Waals surface area (Å²) in [6.07, 6.45) is 0. The average molecular weight is 371 g/mol. The van der Waals surface area contributed by atoms with Gasteiger partial charge in [0.05, 0.1) is 6.54 Å². The molecule has 0 radical (unpaired) electrons. The van der Waals surface area contributed by atoms with E-state index >= 15 is 0 Å². The van der Waals surface area contributed by atoms with Crippen LogP contribution in [0, 0.1) is 0 Å². The molecule has 0 bridgehead atoms. The Morgan fingerprint density at radius 2 is 2.30 bits per heavy atom. The van der Waals surface area contributed by atoms with Crippen LogP contribution in [0.25, 0.3) is 0 Å². The molecule has 1 atom stereocenters. The molecule has 1 aliphatic rings. The Hall–Kier alpha value is -1.25. The third-order valence-corrected chi connectivity index (χ3v) is 4.17. The molecular formula is C9H10N5NaO6S2. The van der Waals surface area contributed by atoms with E-state index in [4.69, 9.17) is 5.73 Å². The summed E-state index contributed by atoms with van der Waals surface area (Å²) in [5, 5.41) is 7.41. The summed E-state index contributed by atoms with van der Waals surface area (Å²) in [5.41, 5.74) is 5.37. The van der Waals surface area contributed by atoms with E-state index in [-0.39, 0.29) is 50.4 Å². The van der Waals surface area contributed by atoms with Crippen molar-refractivity contribution in [1.82, 2.24) is 14.6 Å². The van der Waals surface area contributed by atoms with Gasteiger partial charge >= 0.3 is 29.6 Å². The fourth-order valence-corrected chi connectivity index (χ4v) is 2.85. The number of amides is 2. The van der Waals surface area contributed by atoms with Crippen LogP contribution in [-0.4, -0.2) is 59.5 Å². The Balaban J connectivity index is 0.00000264. The van der Waals surface area contributed by atoms with E-state index in [2.05, 4.69) is 20.3 Å². The van der Waals surface area contributed by atoms with Crippen molar-refractivity contribution >= 4 is 44.3 Å². The Morgan fingerprint density at radius 3 is 2.74 bits per heavy atom.